The van der Waals surface area contributed by atoms with E-state index >= 15 is 0 Å². The molecule has 1 atom stereocenters. The molecule has 0 saturated heterocycles. The summed E-state index contributed by atoms with van der Waals surface area (Å²) in [5.41, 5.74) is 13.3. The molecule has 5 N–H and O–H groups in total. The molecule has 11 heteroatoms. The van der Waals surface area contributed by atoms with Crippen LogP contribution in [0.1, 0.15) is 48.0 Å². The van der Waals surface area contributed by atoms with Gasteiger partial charge in [0, 0.05) is 22.2 Å². The molecule has 2 heterocycles. The third kappa shape index (κ3) is 6.05. The van der Waals surface area contributed by atoms with Crippen molar-refractivity contribution in [2.75, 3.05) is 5.32 Å². The molecule has 8 nitrogen and oxygen atoms in total. The number of rotatable bonds is 4. The first-order valence-corrected chi connectivity index (χ1v) is 11.9. The zero-order valence-corrected chi connectivity index (χ0v) is 19.8. The Bertz CT molecular complexity index is 1330. The van der Waals surface area contributed by atoms with Crippen LogP contribution in [0.5, 0.6) is 0 Å². The van der Waals surface area contributed by atoms with Gasteiger partial charge >= 0.3 is 6.18 Å². The molecule has 1 aliphatic carbocycles. The molecule has 0 unspecified atom stereocenters. The zero-order valence-electron chi connectivity index (χ0n) is 19.8. The van der Waals surface area contributed by atoms with E-state index in [1.54, 1.807) is 12.3 Å². The van der Waals surface area contributed by atoms with Crippen LogP contribution in [-0.2, 0) is 9.59 Å². The second kappa shape index (κ2) is 11.0. The van der Waals surface area contributed by atoms with E-state index in [2.05, 4.69) is 20.8 Å². The van der Waals surface area contributed by atoms with Crippen molar-refractivity contribution in [3.8, 4) is 11.3 Å². The second-order valence-corrected chi connectivity index (χ2v) is 9.00. The maximum absolute atomic E-state index is 12.8. The fourth-order valence-electron chi connectivity index (χ4n) is 4.72. The van der Waals surface area contributed by atoms with Gasteiger partial charge in [-0.15, -0.1) is 0 Å². The van der Waals surface area contributed by atoms with Crippen molar-refractivity contribution in [2.24, 2.45) is 16.8 Å². The predicted octanol–water partition coefficient (Wildman–Crippen LogP) is 4.51. The zero-order chi connectivity index (χ0) is 26.6. The number of hydrogen-bond donors (Lipinski definition) is 4. The maximum atomic E-state index is 12.8. The Morgan fingerprint density at radius 3 is 2.46 bits per heavy atom. The molecular weight excluding hydrogens is 487 g/mol. The predicted molar refractivity (Wildman–Crippen MR) is 134 cm³/mol. The first kappa shape index (κ1) is 26.1. The third-order valence-corrected chi connectivity index (χ3v) is 6.47. The molecule has 194 valence electrons. The van der Waals surface area contributed by atoms with E-state index in [9.17, 15) is 22.8 Å². The van der Waals surface area contributed by atoms with Crippen molar-refractivity contribution in [2.45, 2.75) is 44.3 Å². The van der Waals surface area contributed by atoms with Crippen LogP contribution in [0, 0.1) is 5.92 Å². The molecular formula is C26H26F3N5O3. The molecule has 2 aromatic carbocycles. The number of carbonyl (C=O) groups is 3. The number of nitrogens with one attached hydrogen (secondary N) is 3. The number of halogens is 3. The smallest absolute Gasteiger partial charge is 0.354 e. The average molecular weight is 514 g/mol. The number of hydrazone groups is 1. The van der Waals surface area contributed by atoms with Crippen LogP contribution in [0.15, 0.2) is 47.6 Å². The Morgan fingerprint density at radius 1 is 1.14 bits per heavy atom. The van der Waals surface area contributed by atoms with Crippen molar-refractivity contribution in [3.05, 3.63) is 53.6 Å². The van der Waals surface area contributed by atoms with Crippen LogP contribution in [0.25, 0.3) is 22.2 Å². The topological polar surface area (TPSA) is 129 Å². The van der Waals surface area contributed by atoms with Crippen LogP contribution < -0.4 is 16.5 Å². The van der Waals surface area contributed by atoms with Gasteiger partial charge in [-0.3, -0.25) is 14.4 Å². The summed E-state index contributed by atoms with van der Waals surface area (Å²) < 4.78 is 31.2. The SMILES string of the molecule is N[C@@H](C(=O)Nc1cc2c3c(c(-c4ccccc4)[nH]c3c1)C=NNC2=O)C1CCCCC1.O=CC(F)(F)F. The highest BCUT2D eigenvalue weighted by molar-refractivity contribution is 6.18. The maximum Gasteiger partial charge on any atom is 0.446 e. The minimum atomic E-state index is -4.64. The number of nitrogens with two attached hydrogens (primary N) is 1. The number of anilines is 1. The second-order valence-electron chi connectivity index (χ2n) is 9.00. The third-order valence-electron chi connectivity index (χ3n) is 6.47. The summed E-state index contributed by atoms with van der Waals surface area (Å²) in [4.78, 5) is 37.6. The number of aromatic amines is 1. The van der Waals surface area contributed by atoms with E-state index in [0.717, 1.165) is 53.4 Å². The van der Waals surface area contributed by atoms with Gasteiger partial charge in [0.1, 0.15) is 0 Å². The van der Waals surface area contributed by atoms with E-state index in [-0.39, 0.29) is 17.7 Å². The van der Waals surface area contributed by atoms with Gasteiger partial charge in [-0.2, -0.15) is 18.3 Å². The number of aldehydes is 1. The van der Waals surface area contributed by atoms with Gasteiger partial charge in [-0.25, -0.2) is 5.43 Å². The Balaban J connectivity index is 0.000000480. The lowest BCUT2D eigenvalue weighted by Crippen LogP contribution is -2.42. The Kier molecular flexibility index (Phi) is 7.72. The molecule has 0 radical (unpaired) electrons. The van der Waals surface area contributed by atoms with Crippen molar-refractivity contribution >= 4 is 40.9 Å². The van der Waals surface area contributed by atoms with Crippen molar-refractivity contribution in [1.82, 2.24) is 10.4 Å². The van der Waals surface area contributed by atoms with Gasteiger partial charge < -0.3 is 16.0 Å². The first-order valence-electron chi connectivity index (χ1n) is 11.9. The minimum Gasteiger partial charge on any atom is -0.354 e. The van der Waals surface area contributed by atoms with Crippen LogP contribution >= 0.6 is 0 Å². The number of alkyl halides is 3. The molecule has 2 aliphatic rings. The number of benzene rings is 2. The molecule has 37 heavy (non-hydrogen) atoms. The average Bonchev–Trinajstić information content (AvgIpc) is 3.18. The number of hydrogen-bond acceptors (Lipinski definition) is 5. The first-order chi connectivity index (χ1) is 17.7. The van der Waals surface area contributed by atoms with Crippen molar-refractivity contribution in [1.29, 1.82) is 0 Å². The van der Waals surface area contributed by atoms with Gasteiger partial charge in [0.05, 0.1) is 23.5 Å². The number of H-pyrrole nitrogens is 1. The lowest BCUT2D eigenvalue weighted by Gasteiger charge is -2.26. The van der Waals surface area contributed by atoms with Gasteiger partial charge in [-0.1, -0.05) is 49.6 Å². The molecule has 5 rings (SSSR count). The van der Waals surface area contributed by atoms with Crippen LogP contribution in [-0.4, -0.2) is 41.5 Å². The number of aromatic nitrogens is 1. The lowest BCUT2D eigenvalue weighted by molar-refractivity contribution is -0.156. The minimum absolute atomic E-state index is 0.206. The molecule has 0 spiro atoms. The van der Waals surface area contributed by atoms with E-state index < -0.39 is 18.5 Å². The van der Waals surface area contributed by atoms with Gasteiger partial charge in [-0.05, 0) is 36.5 Å². The number of amides is 2. The van der Waals surface area contributed by atoms with Gasteiger partial charge in [0.25, 0.3) is 5.91 Å². The molecule has 3 aromatic rings. The van der Waals surface area contributed by atoms with E-state index in [1.807, 2.05) is 36.4 Å². The highest BCUT2D eigenvalue weighted by atomic mass is 19.4. The monoisotopic (exact) mass is 513 g/mol. The molecule has 2 amide bonds. The van der Waals surface area contributed by atoms with E-state index in [0.29, 0.717) is 11.3 Å². The van der Waals surface area contributed by atoms with Crippen LogP contribution in [0.3, 0.4) is 0 Å². The van der Waals surface area contributed by atoms with E-state index in [4.69, 9.17) is 10.5 Å². The molecule has 1 saturated carbocycles. The fraction of sp³-hybridized carbons (Fsp3) is 0.308. The fourth-order valence-corrected chi connectivity index (χ4v) is 4.72. The summed E-state index contributed by atoms with van der Waals surface area (Å²) in [5.74, 6) is -0.317. The number of nitrogens with zero attached hydrogens (tertiary/aromatic N) is 1. The lowest BCUT2D eigenvalue weighted by atomic mass is 9.84. The quantitative estimate of drug-likeness (QED) is 0.383. The highest BCUT2D eigenvalue weighted by Gasteiger charge is 2.28. The summed E-state index contributed by atoms with van der Waals surface area (Å²) in [6.45, 7) is 0. The van der Waals surface area contributed by atoms with Crippen molar-refractivity contribution < 1.29 is 27.6 Å². The summed E-state index contributed by atoms with van der Waals surface area (Å²) in [6.07, 6.45) is 1.38. The summed E-state index contributed by atoms with van der Waals surface area (Å²) in [6, 6.07) is 12.9. The molecule has 1 aromatic heterocycles. The molecule has 0 bridgehead atoms. The van der Waals surface area contributed by atoms with E-state index in [1.165, 1.54) is 6.42 Å². The van der Waals surface area contributed by atoms with Crippen LogP contribution in [0.4, 0.5) is 18.9 Å². The standard InChI is InChI=1S/C24H25N5O2.C2HF3O/c25-21(14-7-3-1-4-8-14)24(31)27-16-11-17-20-18(13-26-29-23(17)30)22(28-19(20)12-16)15-9-5-2-6-10-15;3-2(4,5)1-6/h2,5-6,9-14,21,28H,1,3-4,7-8,25H2,(H,27,31)(H,29,30);1H/t21-;/m1./s1. The molecule has 1 aliphatic heterocycles. The van der Waals surface area contributed by atoms with Gasteiger partial charge in [0.15, 0.2) is 0 Å². The number of carbonyl (C=O) groups excluding carboxylic acids is 3. The Labute approximate surface area is 210 Å². The Morgan fingerprint density at radius 2 is 1.81 bits per heavy atom. The van der Waals surface area contributed by atoms with Crippen LogP contribution in [0.2, 0.25) is 0 Å². The summed E-state index contributed by atoms with van der Waals surface area (Å²) >= 11 is 0. The summed E-state index contributed by atoms with van der Waals surface area (Å²) in [5, 5.41) is 7.80. The Hall–Kier alpha value is -3.99. The normalized spacial score (nSPS) is 16.3. The van der Waals surface area contributed by atoms with Crippen molar-refractivity contribution in [3.63, 3.8) is 0 Å². The highest BCUT2D eigenvalue weighted by Crippen LogP contribution is 2.34. The summed E-state index contributed by atoms with van der Waals surface area (Å²) in [7, 11) is 0. The largest absolute Gasteiger partial charge is 0.446 e. The molecule has 1 fully saturated rings. The van der Waals surface area contributed by atoms with Gasteiger partial charge in [0.2, 0.25) is 12.2 Å².